The number of para-hydroxylation sites is 1. The van der Waals surface area contributed by atoms with Gasteiger partial charge in [0.25, 0.3) is 0 Å². The minimum Gasteiger partial charge on any atom is -0.493 e. The smallest absolute Gasteiger partial charge is 0.343 e. The molecule has 0 amide bonds. The van der Waals surface area contributed by atoms with E-state index in [1.165, 1.54) is 14.0 Å². The van der Waals surface area contributed by atoms with Crippen LogP contribution in [0.1, 0.15) is 18.1 Å². The molecule has 26 heavy (non-hydrogen) atoms. The Balaban J connectivity index is 2.00. The lowest BCUT2D eigenvalue weighted by atomic mass is 10.1. The van der Waals surface area contributed by atoms with Gasteiger partial charge in [-0.1, -0.05) is 23.7 Å². The number of ether oxygens (including phenoxy) is 3. The molecule has 2 aromatic carbocycles. The van der Waals surface area contributed by atoms with Crippen LogP contribution >= 0.6 is 11.6 Å². The number of methoxy groups -OCH3 is 1. The van der Waals surface area contributed by atoms with Crippen LogP contribution < -0.4 is 9.47 Å². The van der Waals surface area contributed by atoms with E-state index < -0.39 is 11.9 Å². The Morgan fingerprint density at radius 2 is 1.88 bits per heavy atom. The van der Waals surface area contributed by atoms with E-state index >= 15 is 0 Å². The molecule has 0 fully saturated rings. The maximum Gasteiger partial charge on any atom is 0.343 e. The average molecular weight is 371 g/mol. The summed E-state index contributed by atoms with van der Waals surface area (Å²) in [6, 6.07) is 12.1. The fourth-order valence-electron chi connectivity index (χ4n) is 2.47. The first-order valence-corrected chi connectivity index (χ1v) is 8.12. The Morgan fingerprint density at radius 1 is 1.15 bits per heavy atom. The predicted molar refractivity (Wildman–Crippen MR) is 97.8 cm³/mol. The average Bonchev–Trinajstić information content (AvgIpc) is 2.97. The number of hydrogen-bond donors (Lipinski definition) is 0. The molecule has 5 nitrogen and oxygen atoms in total. The van der Waals surface area contributed by atoms with Crippen molar-refractivity contribution in [1.82, 2.24) is 0 Å². The standard InChI is InChI=1S/C20H15ClO5/c1-12(22)25-19-14(4-3-5-17(19)24-2)10-15-11-18(26-20(15)23)13-6-8-16(21)9-7-13/h3-11H,1-2H3. The van der Waals surface area contributed by atoms with Crippen molar-refractivity contribution >= 4 is 35.4 Å². The Labute approximate surface area is 155 Å². The molecule has 132 valence electrons. The van der Waals surface area contributed by atoms with E-state index in [1.54, 1.807) is 54.6 Å². The molecule has 2 aromatic rings. The van der Waals surface area contributed by atoms with E-state index in [4.69, 9.17) is 25.8 Å². The highest BCUT2D eigenvalue weighted by molar-refractivity contribution is 6.30. The van der Waals surface area contributed by atoms with Crippen molar-refractivity contribution in [3.05, 3.63) is 70.3 Å². The van der Waals surface area contributed by atoms with Gasteiger partial charge in [-0.2, -0.15) is 0 Å². The van der Waals surface area contributed by atoms with Crippen molar-refractivity contribution in [2.75, 3.05) is 7.11 Å². The van der Waals surface area contributed by atoms with Gasteiger partial charge in [0.15, 0.2) is 11.5 Å². The van der Waals surface area contributed by atoms with Crippen LogP contribution in [0, 0.1) is 0 Å². The summed E-state index contributed by atoms with van der Waals surface area (Å²) in [5.74, 6) is 0.0842. The van der Waals surface area contributed by atoms with Gasteiger partial charge in [0.1, 0.15) is 5.76 Å². The fourth-order valence-corrected chi connectivity index (χ4v) is 2.60. The monoisotopic (exact) mass is 370 g/mol. The Bertz CT molecular complexity index is 926. The van der Waals surface area contributed by atoms with Crippen LogP contribution in [0.4, 0.5) is 0 Å². The number of carbonyl (C=O) groups excluding carboxylic acids is 2. The molecule has 0 aliphatic carbocycles. The highest BCUT2D eigenvalue weighted by atomic mass is 35.5. The van der Waals surface area contributed by atoms with E-state index in [9.17, 15) is 9.59 Å². The zero-order valence-electron chi connectivity index (χ0n) is 14.1. The maximum absolute atomic E-state index is 12.2. The summed E-state index contributed by atoms with van der Waals surface area (Å²) in [7, 11) is 1.47. The lowest BCUT2D eigenvalue weighted by molar-refractivity contribution is -0.132. The molecular formula is C20H15ClO5. The van der Waals surface area contributed by atoms with Crippen LogP contribution in [0.5, 0.6) is 11.5 Å². The Morgan fingerprint density at radius 3 is 2.54 bits per heavy atom. The van der Waals surface area contributed by atoms with Crippen molar-refractivity contribution in [2.45, 2.75) is 6.92 Å². The molecule has 0 aromatic heterocycles. The van der Waals surface area contributed by atoms with Gasteiger partial charge in [-0.25, -0.2) is 4.79 Å². The number of benzene rings is 2. The molecule has 0 unspecified atom stereocenters. The molecule has 0 N–H and O–H groups in total. The number of halogens is 1. The summed E-state index contributed by atoms with van der Waals surface area (Å²) in [5.41, 5.74) is 1.59. The van der Waals surface area contributed by atoms with Gasteiger partial charge in [0, 0.05) is 23.1 Å². The molecule has 1 heterocycles. The van der Waals surface area contributed by atoms with Gasteiger partial charge < -0.3 is 14.2 Å². The number of carbonyl (C=O) groups is 2. The number of hydrogen-bond acceptors (Lipinski definition) is 5. The third kappa shape index (κ3) is 3.78. The minimum absolute atomic E-state index is 0.246. The molecule has 0 radical (unpaired) electrons. The largest absolute Gasteiger partial charge is 0.493 e. The van der Waals surface area contributed by atoms with Gasteiger partial charge in [-0.15, -0.1) is 0 Å². The number of cyclic esters (lactones) is 1. The molecular weight excluding hydrogens is 356 g/mol. The van der Waals surface area contributed by atoms with Crippen molar-refractivity contribution in [1.29, 1.82) is 0 Å². The van der Waals surface area contributed by atoms with Crippen LogP contribution in [0.2, 0.25) is 5.02 Å². The Hall–Kier alpha value is -3.05. The fraction of sp³-hybridized carbons (Fsp3) is 0.100. The van der Waals surface area contributed by atoms with Crippen LogP contribution in [0.15, 0.2) is 54.1 Å². The second kappa shape index (κ2) is 7.45. The molecule has 0 atom stereocenters. The van der Waals surface area contributed by atoms with E-state index in [1.807, 2.05) is 0 Å². The van der Waals surface area contributed by atoms with Crippen molar-refractivity contribution in [2.24, 2.45) is 0 Å². The first kappa shape index (κ1) is 17.8. The molecule has 6 heteroatoms. The first-order valence-electron chi connectivity index (χ1n) is 7.75. The highest BCUT2D eigenvalue weighted by Gasteiger charge is 2.23. The van der Waals surface area contributed by atoms with Crippen molar-refractivity contribution in [3.63, 3.8) is 0 Å². The maximum atomic E-state index is 12.2. The van der Waals surface area contributed by atoms with Crippen molar-refractivity contribution in [3.8, 4) is 11.5 Å². The SMILES string of the molecule is COc1cccc(C=C2C=C(c3ccc(Cl)cc3)OC2=O)c1OC(C)=O. The summed E-state index contributed by atoms with van der Waals surface area (Å²) in [4.78, 5) is 23.6. The molecule has 0 saturated heterocycles. The molecule has 1 aliphatic heterocycles. The van der Waals surface area contributed by atoms with Crippen LogP contribution in [-0.4, -0.2) is 19.0 Å². The van der Waals surface area contributed by atoms with Gasteiger partial charge in [-0.05, 0) is 42.5 Å². The zero-order valence-corrected chi connectivity index (χ0v) is 14.9. The van der Waals surface area contributed by atoms with E-state index in [0.717, 1.165) is 5.56 Å². The molecule has 3 rings (SSSR count). The Kier molecular flexibility index (Phi) is 5.09. The third-order valence-electron chi connectivity index (χ3n) is 3.64. The quantitative estimate of drug-likeness (QED) is 0.457. The molecule has 0 bridgehead atoms. The zero-order chi connectivity index (χ0) is 18.7. The number of esters is 2. The van der Waals surface area contributed by atoms with Gasteiger partial charge in [0.05, 0.1) is 12.7 Å². The topological polar surface area (TPSA) is 61.8 Å². The minimum atomic E-state index is -0.494. The number of rotatable bonds is 4. The summed E-state index contributed by atoms with van der Waals surface area (Å²) < 4.78 is 15.8. The summed E-state index contributed by atoms with van der Waals surface area (Å²) in [6.45, 7) is 1.30. The normalized spacial score (nSPS) is 14.8. The second-order valence-corrected chi connectivity index (χ2v) is 5.91. The lowest BCUT2D eigenvalue weighted by Crippen LogP contribution is -2.05. The molecule has 1 aliphatic rings. The van der Waals surface area contributed by atoms with Crippen molar-refractivity contribution < 1.29 is 23.8 Å². The van der Waals surface area contributed by atoms with Gasteiger partial charge in [0.2, 0.25) is 0 Å². The van der Waals surface area contributed by atoms with Gasteiger partial charge in [-0.3, -0.25) is 4.79 Å². The molecule has 0 saturated carbocycles. The van der Waals surface area contributed by atoms with Gasteiger partial charge >= 0.3 is 11.9 Å². The van der Waals surface area contributed by atoms with Crippen LogP contribution in [0.3, 0.4) is 0 Å². The highest BCUT2D eigenvalue weighted by Crippen LogP contribution is 2.35. The third-order valence-corrected chi connectivity index (χ3v) is 3.89. The van der Waals surface area contributed by atoms with E-state index in [2.05, 4.69) is 0 Å². The first-order chi connectivity index (χ1) is 12.5. The van der Waals surface area contributed by atoms with E-state index in [0.29, 0.717) is 27.7 Å². The lowest BCUT2D eigenvalue weighted by Gasteiger charge is -2.10. The second-order valence-electron chi connectivity index (χ2n) is 5.48. The summed E-state index contributed by atoms with van der Waals surface area (Å²) >= 11 is 5.88. The van der Waals surface area contributed by atoms with Crippen LogP contribution in [0.25, 0.3) is 11.8 Å². The molecule has 0 spiro atoms. The van der Waals surface area contributed by atoms with Crippen LogP contribution in [-0.2, 0) is 14.3 Å². The summed E-state index contributed by atoms with van der Waals surface area (Å²) in [5, 5.41) is 0.594. The summed E-state index contributed by atoms with van der Waals surface area (Å²) in [6.07, 6.45) is 3.22. The predicted octanol–water partition coefficient (Wildman–Crippen LogP) is 4.26. The van der Waals surface area contributed by atoms with E-state index in [-0.39, 0.29) is 5.75 Å².